The minimum atomic E-state index is -1.28. The maximum atomic E-state index is 11.2. The molecule has 0 bridgehead atoms. The first-order valence-corrected chi connectivity index (χ1v) is 23.7. The predicted molar refractivity (Wildman–Crippen MR) is 106 cm³/mol. The van der Waals surface area contributed by atoms with Gasteiger partial charge in [-0.1, -0.05) is 71.5 Å². The average Bonchev–Trinajstić information content (AvgIpc) is 2.22. The molecule has 0 aromatic heterocycles. The fourth-order valence-electron chi connectivity index (χ4n) is 5.07. The lowest BCUT2D eigenvalue weighted by Crippen LogP contribution is -2.82. The summed E-state index contributed by atoms with van der Waals surface area (Å²) in [7, 11) is -3.57. The smallest absolute Gasteiger partial charge is 0.330 e. The fraction of sp³-hybridized carbons (Fsp3) is 0.800. The third-order valence-electron chi connectivity index (χ3n) is 4.95. The van der Waals surface area contributed by atoms with Crippen molar-refractivity contribution in [3.05, 3.63) is 12.7 Å². The highest BCUT2D eigenvalue weighted by molar-refractivity contribution is 7.89. The predicted octanol–water partition coefficient (Wildman–Crippen LogP) is 4.80. The molecule has 0 atom stereocenters. The van der Waals surface area contributed by atoms with Gasteiger partial charge in [0.1, 0.15) is 0 Å². The second kappa shape index (κ2) is 7.10. The van der Waals surface area contributed by atoms with Gasteiger partial charge in [-0.3, -0.25) is 0 Å². The SMILES string of the molecule is C=CC(=O)OCCC[Si]([Si](C)(C)C)([Si](C)(C)C)[Si](C)(C)C. The molecule has 0 saturated heterocycles. The van der Waals surface area contributed by atoms with Crippen LogP contribution in [0.25, 0.3) is 0 Å². The van der Waals surface area contributed by atoms with Crippen LogP contribution >= 0.6 is 0 Å². The van der Waals surface area contributed by atoms with Gasteiger partial charge in [0.2, 0.25) is 0 Å². The molecule has 0 aromatic rings. The van der Waals surface area contributed by atoms with E-state index >= 15 is 0 Å². The monoisotopic (exact) mass is 360 g/mol. The van der Waals surface area contributed by atoms with E-state index in [0.29, 0.717) is 6.61 Å². The molecule has 0 heterocycles. The Morgan fingerprint density at radius 1 is 0.905 bits per heavy atom. The van der Waals surface area contributed by atoms with E-state index < -0.39 is 29.4 Å². The van der Waals surface area contributed by atoms with E-state index in [1.807, 2.05) is 0 Å². The highest BCUT2D eigenvalue weighted by Crippen LogP contribution is 2.40. The highest BCUT2D eigenvalue weighted by Gasteiger charge is 2.60. The molecular formula is C15H36O2Si4. The quantitative estimate of drug-likeness (QED) is 0.269. The van der Waals surface area contributed by atoms with Gasteiger partial charge in [0.25, 0.3) is 0 Å². The molecule has 0 unspecified atom stereocenters. The van der Waals surface area contributed by atoms with Crippen molar-refractivity contribution in [2.24, 2.45) is 0 Å². The zero-order chi connectivity index (χ0) is 17.1. The maximum absolute atomic E-state index is 11.2. The summed E-state index contributed by atoms with van der Waals surface area (Å²) in [5.74, 6) is -0.281. The van der Waals surface area contributed by atoms with Crippen LogP contribution in [-0.2, 0) is 9.53 Å². The van der Waals surface area contributed by atoms with E-state index in [-0.39, 0.29) is 5.97 Å². The van der Waals surface area contributed by atoms with Crippen molar-refractivity contribution in [3.63, 3.8) is 0 Å². The molecule has 0 aliphatic rings. The Kier molecular flexibility index (Phi) is 7.13. The van der Waals surface area contributed by atoms with E-state index in [0.717, 1.165) is 6.42 Å². The van der Waals surface area contributed by atoms with Crippen LogP contribution < -0.4 is 0 Å². The second-order valence-electron chi connectivity index (χ2n) is 9.13. The molecule has 0 amide bonds. The maximum Gasteiger partial charge on any atom is 0.330 e. The second-order valence-corrected chi connectivity index (χ2v) is 50.6. The Balaban J connectivity index is 5.34. The fourth-order valence-corrected chi connectivity index (χ4v) is 104. The van der Waals surface area contributed by atoms with Crippen LogP contribution in [0.3, 0.4) is 0 Å². The van der Waals surface area contributed by atoms with Crippen molar-refractivity contribution < 1.29 is 9.53 Å². The van der Waals surface area contributed by atoms with Gasteiger partial charge in [0.05, 0.1) is 6.61 Å². The Labute approximate surface area is 135 Å². The number of carbonyl (C=O) groups excluding carboxylic acids is 1. The van der Waals surface area contributed by atoms with Crippen LogP contribution in [0.1, 0.15) is 6.42 Å². The first-order valence-electron chi connectivity index (χ1n) is 8.00. The normalized spacial score (nSPS) is 14.0. The number of ether oxygens (including phenoxy) is 1. The van der Waals surface area contributed by atoms with Crippen molar-refractivity contribution in [2.75, 3.05) is 6.61 Å². The molecule has 0 fully saturated rings. The molecule has 0 rings (SSSR count). The van der Waals surface area contributed by atoms with Gasteiger partial charge in [-0.05, 0) is 6.42 Å². The largest absolute Gasteiger partial charge is 0.463 e. The Morgan fingerprint density at radius 3 is 1.57 bits per heavy atom. The number of hydrogen-bond acceptors (Lipinski definition) is 2. The van der Waals surface area contributed by atoms with E-state index in [1.165, 1.54) is 12.1 Å². The molecule has 0 spiro atoms. The van der Waals surface area contributed by atoms with Crippen molar-refractivity contribution in [1.29, 1.82) is 0 Å². The lowest BCUT2D eigenvalue weighted by Gasteiger charge is -2.58. The number of carbonyl (C=O) groups is 1. The third kappa shape index (κ3) is 4.77. The van der Waals surface area contributed by atoms with Crippen LogP contribution in [0, 0.1) is 0 Å². The Bertz CT molecular complexity index is 337. The third-order valence-corrected chi connectivity index (χ3v) is 79.5. The lowest BCUT2D eigenvalue weighted by molar-refractivity contribution is -0.137. The summed E-state index contributed by atoms with van der Waals surface area (Å²) in [5, 5.41) is 0. The summed E-state index contributed by atoms with van der Waals surface area (Å²) in [6.07, 6.45) is 2.31. The molecule has 0 aliphatic carbocycles. The molecule has 0 aromatic carbocycles. The molecule has 0 aliphatic heterocycles. The van der Waals surface area contributed by atoms with Gasteiger partial charge in [0.15, 0.2) is 0 Å². The number of rotatable bonds is 8. The molecule has 2 nitrogen and oxygen atoms in total. The Hall–Kier alpha value is 0.0775. The van der Waals surface area contributed by atoms with Crippen LogP contribution in [0.5, 0.6) is 0 Å². The zero-order valence-electron chi connectivity index (χ0n) is 15.7. The van der Waals surface area contributed by atoms with Crippen LogP contribution in [0.4, 0.5) is 0 Å². The summed E-state index contributed by atoms with van der Waals surface area (Å²) in [6, 6.07) is 1.36. The van der Waals surface area contributed by atoms with Gasteiger partial charge in [-0.2, -0.15) is 0 Å². The van der Waals surface area contributed by atoms with Crippen molar-refractivity contribution in [1.82, 2.24) is 0 Å². The summed E-state index contributed by atoms with van der Waals surface area (Å²) in [6.45, 7) is 26.2. The summed E-state index contributed by atoms with van der Waals surface area (Å²) >= 11 is 0. The minimum absolute atomic E-state index is 0.281. The van der Waals surface area contributed by atoms with E-state index in [2.05, 4.69) is 65.5 Å². The lowest BCUT2D eigenvalue weighted by atomic mass is 10.5. The van der Waals surface area contributed by atoms with Crippen molar-refractivity contribution >= 4 is 35.4 Å². The first-order chi connectivity index (χ1) is 9.20. The topological polar surface area (TPSA) is 26.3 Å². The molecule has 0 N–H and O–H groups in total. The van der Waals surface area contributed by atoms with Gasteiger partial charge in [-0.25, -0.2) is 4.79 Å². The summed E-state index contributed by atoms with van der Waals surface area (Å²) in [4.78, 5) is 11.2. The standard InChI is InChI=1S/C15H36O2Si4/c1-11-15(16)17-13-12-14-21(18(2,3)4,19(5,6)7)20(8,9)10/h11H,1,12-14H2,2-10H3. The number of hydrogen-bond donors (Lipinski definition) is 0. The van der Waals surface area contributed by atoms with E-state index in [1.54, 1.807) is 0 Å². The van der Waals surface area contributed by atoms with Gasteiger partial charge in [0, 0.05) is 35.5 Å². The Morgan fingerprint density at radius 2 is 1.29 bits per heavy atom. The molecule has 6 heteroatoms. The van der Waals surface area contributed by atoms with Crippen LogP contribution in [0.2, 0.25) is 65.0 Å². The van der Waals surface area contributed by atoms with E-state index in [9.17, 15) is 4.79 Å². The van der Waals surface area contributed by atoms with Crippen LogP contribution in [0.15, 0.2) is 12.7 Å². The summed E-state index contributed by atoms with van der Waals surface area (Å²) in [5.41, 5.74) is 0. The number of esters is 1. The van der Waals surface area contributed by atoms with Crippen molar-refractivity contribution in [3.8, 4) is 0 Å². The van der Waals surface area contributed by atoms with Gasteiger partial charge < -0.3 is 4.74 Å². The van der Waals surface area contributed by atoms with Crippen molar-refractivity contribution in [2.45, 2.75) is 71.4 Å². The van der Waals surface area contributed by atoms with Crippen LogP contribution in [-0.4, -0.2) is 42.0 Å². The van der Waals surface area contributed by atoms with Gasteiger partial charge >= 0.3 is 5.97 Å². The zero-order valence-corrected chi connectivity index (χ0v) is 19.7. The molecule has 0 saturated carbocycles. The molecular weight excluding hydrogens is 325 g/mol. The minimum Gasteiger partial charge on any atom is -0.463 e. The van der Waals surface area contributed by atoms with Gasteiger partial charge in [-0.15, -0.1) is 0 Å². The average molecular weight is 361 g/mol. The molecule has 0 radical (unpaired) electrons. The molecule has 124 valence electrons. The summed E-state index contributed by atoms with van der Waals surface area (Å²) < 4.78 is 5.24. The molecule has 21 heavy (non-hydrogen) atoms. The van der Waals surface area contributed by atoms with E-state index in [4.69, 9.17) is 4.74 Å². The highest BCUT2D eigenvalue weighted by atomic mass is 29.9. The first kappa shape index (κ1) is 21.1.